The van der Waals surface area contributed by atoms with Crippen molar-refractivity contribution < 1.29 is 4.74 Å². The van der Waals surface area contributed by atoms with Gasteiger partial charge in [-0.25, -0.2) is 0 Å². The van der Waals surface area contributed by atoms with Gasteiger partial charge in [-0.15, -0.1) is 0 Å². The van der Waals surface area contributed by atoms with Crippen LogP contribution in [0.25, 0.3) is 0 Å². The summed E-state index contributed by atoms with van der Waals surface area (Å²) in [6.45, 7) is 4.84. The molecule has 0 radical (unpaired) electrons. The maximum absolute atomic E-state index is 6.07. The molecule has 2 N–H and O–H groups in total. The molecule has 20 heavy (non-hydrogen) atoms. The van der Waals surface area contributed by atoms with E-state index in [1.807, 2.05) is 6.07 Å². The molecule has 1 aliphatic rings. The molecule has 3 atom stereocenters. The van der Waals surface area contributed by atoms with Gasteiger partial charge in [0.05, 0.1) is 11.1 Å². The normalized spacial score (nSPS) is 25.6. The van der Waals surface area contributed by atoms with Gasteiger partial charge in [0.1, 0.15) is 0 Å². The molecule has 3 nitrogen and oxygen atoms in total. The Morgan fingerprint density at radius 3 is 2.90 bits per heavy atom. The fraction of sp³-hybridized carbons (Fsp3) is 0.600. The molecule has 2 rings (SSSR count). The summed E-state index contributed by atoms with van der Waals surface area (Å²) in [5.74, 6) is 0.603. The van der Waals surface area contributed by atoms with Crippen LogP contribution in [0.1, 0.15) is 24.9 Å². The van der Waals surface area contributed by atoms with E-state index in [1.54, 1.807) is 7.11 Å². The molecular formula is C15H22BrClN2O. The Kier molecular flexibility index (Phi) is 5.87. The third-order valence-corrected chi connectivity index (χ3v) is 5.43. The second-order valence-corrected chi connectivity index (χ2v) is 6.72. The van der Waals surface area contributed by atoms with Crippen LogP contribution in [0.15, 0.2) is 22.7 Å². The summed E-state index contributed by atoms with van der Waals surface area (Å²) in [7, 11) is 1.79. The van der Waals surface area contributed by atoms with Gasteiger partial charge in [0.25, 0.3) is 0 Å². The second-order valence-electron chi connectivity index (χ2n) is 5.46. The molecule has 0 spiro atoms. The number of ether oxygens (including phenoxy) is 1. The molecule has 1 saturated heterocycles. The number of hydrogen-bond acceptors (Lipinski definition) is 3. The van der Waals surface area contributed by atoms with E-state index in [2.05, 4.69) is 39.9 Å². The average Bonchev–Trinajstić information content (AvgIpc) is 2.45. The second kappa shape index (κ2) is 7.23. The Morgan fingerprint density at radius 1 is 1.55 bits per heavy atom. The van der Waals surface area contributed by atoms with Crippen molar-refractivity contribution in [3.8, 4) is 0 Å². The Morgan fingerprint density at radius 2 is 2.30 bits per heavy atom. The molecule has 112 valence electrons. The first kappa shape index (κ1) is 16.2. The van der Waals surface area contributed by atoms with E-state index in [0.717, 1.165) is 29.0 Å². The highest BCUT2D eigenvalue weighted by Crippen LogP contribution is 2.31. The van der Waals surface area contributed by atoms with E-state index in [9.17, 15) is 0 Å². The van der Waals surface area contributed by atoms with Crippen LogP contribution in [-0.2, 0) is 4.74 Å². The Hall–Kier alpha value is -0.130. The lowest BCUT2D eigenvalue weighted by Crippen LogP contribution is -2.47. The monoisotopic (exact) mass is 360 g/mol. The minimum Gasteiger partial charge on any atom is -0.380 e. The fourth-order valence-corrected chi connectivity index (χ4v) is 3.38. The number of piperidine rings is 1. The van der Waals surface area contributed by atoms with E-state index in [1.165, 1.54) is 5.56 Å². The third kappa shape index (κ3) is 3.55. The van der Waals surface area contributed by atoms with Crippen LogP contribution in [0, 0.1) is 5.92 Å². The van der Waals surface area contributed by atoms with E-state index in [4.69, 9.17) is 22.1 Å². The van der Waals surface area contributed by atoms with E-state index in [0.29, 0.717) is 12.5 Å². The highest BCUT2D eigenvalue weighted by molar-refractivity contribution is 9.10. The van der Waals surface area contributed by atoms with Gasteiger partial charge in [0.15, 0.2) is 0 Å². The fourth-order valence-electron chi connectivity index (χ4n) is 2.86. The molecule has 5 heteroatoms. The van der Waals surface area contributed by atoms with Crippen LogP contribution in [0.4, 0.5) is 0 Å². The molecule has 1 heterocycles. The molecule has 1 aromatic rings. The molecule has 0 amide bonds. The molecule has 0 aliphatic carbocycles. The van der Waals surface area contributed by atoms with Crippen LogP contribution in [0.3, 0.4) is 0 Å². The number of rotatable bonds is 4. The van der Waals surface area contributed by atoms with Crippen molar-refractivity contribution in [3.05, 3.63) is 33.3 Å². The van der Waals surface area contributed by atoms with Crippen LogP contribution < -0.4 is 5.73 Å². The predicted octanol–water partition coefficient (Wildman–Crippen LogP) is 3.46. The molecular weight excluding hydrogens is 340 g/mol. The van der Waals surface area contributed by atoms with Gasteiger partial charge >= 0.3 is 0 Å². The summed E-state index contributed by atoms with van der Waals surface area (Å²) in [4.78, 5) is 2.42. The summed E-state index contributed by atoms with van der Waals surface area (Å²) in [6.07, 6.45) is 1.43. The highest BCUT2D eigenvalue weighted by atomic mass is 79.9. The molecule has 0 bridgehead atoms. The molecule has 0 saturated carbocycles. The summed E-state index contributed by atoms with van der Waals surface area (Å²) >= 11 is 9.55. The Labute approximate surface area is 134 Å². The number of halogens is 2. The first-order chi connectivity index (χ1) is 9.56. The average molecular weight is 362 g/mol. The van der Waals surface area contributed by atoms with Gasteiger partial charge in [0, 0.05) is 30.7 Å². The van der Waals surface area contributed by atoms with Gasteiger partial charge < -0.3 is 10.5 Å². The van der Waals surface area contributed by atoms with E-state index >= 15 is 0 Å². The standard InChI is InChI=1S/C15H22BrClN2O/c1-10-5-6-19(9-15(10)20-2)14(8-18)11-3-4-13(17)12(16)7-11/h3-4,7,10,14-15H,5-6,8-9,18H2,1-2H3. The van der Waals surface area contributed by atoms with Gasteiger partial charge in [-0.05, 0) is 52.5 Å². The molecule has 1 fully saturated rings. The van der Waals surface area contributed by atoms with Gasteiger partial charge in [0.2, 0.25) is 0 Å². The lowest BCUT2D eigenvalue weighted by atomic mass is 9.93. The van der Waals surface area contributed by atoms with Crippen LogP contribution in [-0.4, -0.2) is 37.7 Å². The van der Waals surface area contributed by atoms with Crippen molar-refractivity contribution in [2.24, 2.45) is 11.7 Å². The molecule has 0 aromatic heterocycles. The number of benzene rings is 1. The highest BCUT2D eigenvalue weighted by Gasteiger charge is 2.30. The van der Waals surface area contributed by atoms with Crippen molar-refractivity contribution in [3.63, 3.8) is 0 Å². The third-order valence-electron chi connectivity index (χ3n) is 4.22. The zero-order valence-electron chi connectivity index (χ0n) is 12.0. The molecule has 1 aliphatic heterocycles. The van der Waals surface area contributed by atoms with E-state index in [-0.39, 0.29) is 12.1 Å². The van der Waals surface area contributed by atoms with Gasteiger partial charge in [-0.1, -0.05) is 24.6 Å². The first-order valence-electron chi connectivity index (χ1n) is 6.98. The van der Waals surface area contributed by atoms with Crippen LogP contribution in [0.2, 0.25) is 5.02 Å². The predicted molar refractivity (Wildman–Crippen MR) is 87.1 cm³/mol. The molecule has 3 unspecified atom stereocenters. The first-order valence-corrected chi connectivity index (χ1v) is 8.15. The number of nitrogens with two attached hydrogens (primary N) is 1. The van der Waals surface area contributed by atoms with Crippen molar-refractivity contribution in [2.75, 3.05) is 26.7 Å². The number of methoxy groups -OCH3 is 1. The minimum atomic E-state index is 0.216. The quantitative estimate of drug-likeness (QED) is 0.892. The smallest absolute Gasteiger partial charge is 0.0724 e. The van der Waals surface area contributed by atoms with Crippen molar-refractivity contribution in [1.29, 1.82) is 0 Å². The summed E-state index contributed by atoms with van der Waals surface area (Å²) in [5, 5.41) is 0.728. The summed E-state index contributed by atoms with van der Waals surface area (Å²) in [6, 6.07) is 6.27. The van der Waals surface area contributed by atoms with Gasteiger partial charge in [-0.2, -0.15) is 0 Å². The molecule has 1 aromatic carbocycles. The SMILES string of the molecule is COC1CN(C(CN)c2ccc(Cl)c(Br)c2)CCC1C. The van der Waals surface area contributed by atoms with Crippen LogP contribution >= 0.6 is 27.5 Å². The zero-order chi connectivity index (χ0) is 14.7. The maximum Gasteiger partial charge on any atom is 0.0724 e. The number of hydrogen-bond donors (Lipinski definition) is 1. The van der Waals surface area contributed by atoms with Crippen molar-refractivity contribution in [2.45, 2.75) is 25.5 Å². The van der Waals surface area contributed by atoms with Crippen molar-refractivity contribution >= 4 is 27.5 Å². The minimum absolute atomic E-state index is 0.216. The summed E-state index contributed by atoms with van der Waals surface area (Å²) in [5.41, 5.74) is 7.22. The lowest BCUT2D eigenvalue weighted by molar-refractivity contribution is -0.0183. The number of nitrogens with zero attached hydrogens (tertiary/aromatic N) is 1. The maximum atomic E-state index is 6.07. The zero-order valence-corrected chi connectivity index (χ0v) is 14.3. The largest absolute Gasteiger partial charge is 0.380 e. The number of likely N-dealkylation sites (tertiary alicyclic amines) is 1. The topological polar surface area (TPSA) is 38.5 Å². The van der Waals surface area contributed by atoms with Gasteiger partial charge in [-0.3, -0.25) is 4.90 Å². The summed E-state index contributed by atoms with van der Waals surface area (Å²) < 4.78 is 6.51. The lowest BCUT2D eigenvalue weighted by Gasteiger charge is -2.40. The van der Waals surface area contributed by atoms with Crippen molar-refractivity contribution in [1.82, 2.24) is 4.90 Å². The van der Waals surface area contributed by atoms with E-state index < -0.39 is 0 Å². The van der Waals surface area contributed by atoms with Crippen LogP contribution in [0.5, 0.6) is 0 Å². The Bertz CT molecular complexity index is 457. The Balaban J connectivity index is 2.17.